The third-order valence-electron chi connectivity index (χ3n) is 3.52. The van der Waals surface area contributed by atoms with Gasteiger partial charge in [-0.2, -0.15) is 0 Å². The lowest BCUT2D eigenvalue weighted by Gasteiger charge is -2.20. The number of nitrogens with zero attached hydrogens (tertiary/aromatic N) is 1. The van der Waals surface area contributed by atoms with E-state index in [1.807, 2.05) is 0 Å². The average Bonchev–Trinajstić information content (AvgIpc) is 2.77. The first-order valence-electron chi connectivity index (χ1n) is 6.93. The highest BCUT2D eigenvalue weighted by atomic mass is 16.4. The molecule has 0 atom stereocenters. The molecule has 2 amide bonds. The van der Waals surface area contributed by atoms with Crippen molar-refractivity contribution in [3.8, 4) is 0 Å². The van der Waals surface area contributed by atoms with Gasteiger partial charge in [-0.3, -0.25) is 0 Å². The molecule has 0 unspecified atom stereocenters. The first-order chi connectivity index (χ1) is 9.85. The summed E-state index contributed by atoms with van der Waals surface area (Å²) in [5.41, 5.74) is 1.57. The minimum Gasteiger partial charge on any atom is -0.478 e. The highest BCUT2D eigenvalue weighted by molar-refractivity contribution is 5.90. The second-order valence-electron chi connectivity index (χ2n) is 6.06. The number of urea groups is 1. The molecule has 2 N–H and O–H groups in total. The Labute approximate surface area is 124 Å². The highest BCUT2D eigenvalue weighted by Crippen LogP contribution is 2.29. The Kier molecular flexibility index (Phi) is 4.31. The largest absolute Gasteiger partial charge is 0.478 e. The fourth-order valence-corrected chi connectivity index (χ4v) is 2.38. The van der Waals surface area contributed by atoms with E-state index >= 15 is 0 Å². The van der Waals surface area contributed by atoms with Crippen molar-refractivity contribution in [3.05, 3.63) is 35.9 Å². The van der Waals surface area contributed by atoms with Crippen LogP contribution in [-0.2, 0) is 4.79 Å². The molecule has 1 aromatic carbocycles. The van der Waals surface area contributed by atoms with Gasteiger partial charge in [0.05, 0.1) is 0 Å². The number of carbonyl (C=O) groups excluding carboxylic acids is 1. The molecule has 1 aromatic rings. The number of nitrogens with one attached hydrogen (secondary N) is 1. The van der Waals surface area contributed by atoms with Crippen molar-refractivity contribution in [1.82, 2.24) is 4.90 Å². The summed E-state index contributed by atoms with van der Waals surface area (Å²) in [4.78, 5) is 24.5. The topological polar surface area (TPSA) is 69.6 Å². The van der Waals surface area contributed by atoms with Crippen LogP contribution in [0.4, 0.5) is 10.5 Å². The number of anilines is 1. The summed E-state index contributed by atoms with van der Waals surface area (Å²) in [5, 5.41) is 11.5. The summed E-state index contributed by atoms with van der Waals surface area (Å²) in [6.45, 7) is 5.81. The van der Waals surface area contributed by atoms with Gasteiger partial charge in [-0.15, -0.1) is 0 Å². The monoisotopic (exact) mass is 288 g/mol. The molecule has 112 valence electrons. The van der Waals surface area contributed by atoms with Crippen LogP contribution in [0.3, 0.4) is 0 Å². The van der Waals surface area contributed by atoms with E-state index in [0.29, 0.717) is 5.69 Å². The molecule has 1 saturated heterocycles. The summed E-state index contributed by atoms with van der Waals surface area (Å²) in [6, 6.07) is 6.99. The van der Waals surface area contributed by atoms with Crippen molar-refractivity contribution in [1.29, 1.82) is 0 Å². The van der Waals surface area contributed by atoms with Crippen LogP contribution in [0.25, 0.3) is 6.08 Å². The van der Waals surface area contributed by atoms with E-state index in [4.69, 9.17) is 5.11 Å². The first kappa shape index (κ1) is 15.1. The summed E-state index contributed by atoms with van der Waals surface area (Å²) in [5.74, 6) is -0.997. The second-order valence-corrected chi connectivity index (χ2v) is 6.06. The quantitative estimate of drug-likeness (QED) is 0.840. The van der Waals surface area contributed by atoms with Crippen LogP contribution in [0, 0.1) is 5.41 Å². The van der Waals surface area contributed by atoms with Gasteiger partial charge < -0.3 is 15.3 Å². The van der Waals surface area contributed by atoms with Crippen LogP contribution >= 0.6 is 0 Å². The molecule has 5 heteroatoms. The van der Waals surface area contributed by atoms with Gasteiger partial charge in [0.15, 0.2) is 0 Å². The van der Waals surface area contributed by atoms with Crippen LogP contribution in [0.15, 0.2) is 30.3 Å². The molecule has 1 aliphatic heterocycles. The number of carboxylic acid groups (broad SMARTS) is 1. The highest BCUT2D eigenvalue weighted by Gasteiger charge is 2.31. The fraction of sp³-hybridized carbons (Fsp3) is 0.375. The van der Waals surface area contributed by atoms with Crippen LogP contribution in [0.1, 0.15) is 25.8 Å². The van der Waals surface area contributed by atoms with Crippen molar-refractivity contribution in [2.45, 2.75) is 20.3 Å². The lowest BCUT2D eigenvalue weighted by atomic mass is 9.93. The molecular formula is C16H20N2O3. The Morgan fingerprint density at radius 1 is 1.38 bits per heavy atom. The van der Waals surface area contributed by atoms with E-state index in [9.17, 15) is 9.59 Å². The zero-order valence-corrected chi connectivity index (χ0v) is 12.3. The summed E-state index contributed by atoms with van der Waals surface area (Å²) >= 11 is 0. The number of likely N-dealkylation sites (tertiary alicyclic amines) is 1. The smallest absolute Gasteiger partial charge is 0.328 e. The Morgan fingerprint density at radius 2 is 2.14 bits per heavy atom. The number of benzene rings is 1. The van der Waals surface area contributed by atoms with Gasteiger partial charge in [-0.05, 0) is 35.6 Å². The van der Waals surface area contributed by atoms with Gasteiger partial charge in [0, 0.05) is 24.9 Å². The molecule has 0 aliphatic carbocycles. The number of carbonyl (C=O) groups is 2. The average molecular weight is 288 g/mol. The Bertz CT molecular complexity index is 579. The van der Waals surface area contributed by atoms with Gasteiger partial charge >= 0.3 is 12.0 Å². The number of rotatable bonds is 3. The summed E-state index contributed by atoms with van der Waals surface area (Å²) < 4.78 is 0. The molecule has 1 aliphatic rings. The lowest BCUT2D eigenvalue weighted by molar-refractivity contribution is -0.131. The van der Waals surface area contributed by atoms with Crippen molar-refractivity contribution in [2.75, 3.05) is 18.4 Å². The molecule has 5 nitrogen and oxygen atoms in total. The number of carboxylic acids is 1. The predicted octanol–water partition coefficient (Wildman–Crippen LogP) is 3.05. The third-order valence-corrected chi connectivity index (χ3v) is 3.52. The van der Waals surface area contributed by atoms with Crippen LogP contribution in [-0.4, -0.2) is 35.1 Å². The van der Waals surface area contributed by atoms with Gasteiger partial charge in [0.2, 0.25) is 0 Å². The van der Waals surface area contributed by atoms with Crippen molar-refractivity contribution < 1.29 is 14.7 Å². The number of hydrogen-bond donors (Lipinski definition) is 2. The SMILES string of the molecule is CC1(C)CCN(C(=O)Nc2cccc(/C=C/C(=O)O)c2)C1. The van der Waals surface area contributed by atoms with E-state index < -0.39 is 5.97 Å². The minimum absolute atomic E-state index is 0.111. The van der Waals surface area contributed by atoms with Crippen LogP contribution in [0.5, 0.6) is 0 Å². The summed E-state index contributed by atoms with van der Waals surface area (Å²) in [6.07, 6.45) is 3.57. The van der Waals surface area contributed by atoms with Crippen molar-refractivity contribution in [2.24, 2.45) is 5.41 Å². The molecule has 0 saturated carbocycles. The molecule has 2 rings (SSSR count). The normalized spacial score (nSPS) is 17.1. The fourth-order valence-electron chi connectivity index (χ4n) is 2.38. The van der Waals surface area contributed by atoms with Crippen molar-refractivity contribution >= 4 is 23.8 Å². The number of aliphatic carboxylic acids is 1. The Morgan fingerprint density at radius 3 is 2.76 bits per heavy atom. The second kappa shape index (κ2) is 5.99. The van der Waals surface area contributed by atoms with Crippen LogP contribution in [0.2, 0.25) is 0 Å². The molecule has 0 aromatic heterocycles. The standard InChI is InChI=1S/C16H20N2O3/c1-16(2)8-9-18(11-16)15(21)17-13-5-3-4-12(10-13)6-7-14(19)20/h3-7,10H,8-9,11H2,1-2H3,(H,17,21)(H,19,20)/b7-6+. The van der Waals surface area contributed by atoms with E-state index in [2.05, 4.69) is 19.2 Å². The molecule has 0 bridgehead atoms. The molecule has 21 heavy (non-hydrogen) atoms. The minimum atomic E-state index is -0.997. The Balaban J connectivity index is 2.01. The molecule has 1 heterocycles. The van der Waals surface area contributed by atoms with E-state index in [0.717, 1.165) is 31.1 Å². The van der Waals surface area contributed by atoms with E-state index in [1.165, 1.54) is 6.08 Å². The zero-order valence-electron chi connectivity index (χ0n) is 12.3. The van der Waals surface area contributed by atoms with E-state index in [-0.39, 0.29) is 11.4 Å². The summed E-state index contributed by atoms with van der Waals surface area (Å²) in [7, 11) is 0. The molecular weight excluding hydrogens is 268 g/mol. The maximum Gasteiger partial charge on any atom is 0.328 e. The predicted molar refractivity (Wildman–Crippen MR) is 82.1 cm³/mol. The zero-order chi connectivity index (χ0) is 15.5. The molecule has 0 spiro atoms. The number of hydrogen-bond acceptors (Lipinski definition) is 2. The van der Waals surface area contributed by atoms with Crippen LogP contribution < -0.4 is 5.32 Å². The van der Waals surface area contributed by atoms with Gasteiger partial charge in [-0.1, -0.05) is 26.0 Å². The first-order valence-corrected chi connectivity index (χ1v) is 6.93. The third kappa shape index (κ3) is 4.34. The number of amides is 2. The van der Waals surface area contributed by atoms with E-state index in [1.54, 1.807) is 29.2 Å². The maximum absolute atomic E-state index is 12.2. The van der Waals surface area contributed by atoms with Gasteiger partial charge in [-0.25, -0.2) is 9.59 Å². The van der Waals surface area contributed by atoms with Gasteiger partial charge in [0.1, 0.15) is 0 Å². The Hall–Kier alpha value is -2.30. The molecule has 0 radical (unpaired) electrons. The van der Waals surface area contributed by atoms with Crippen molar-refractivity contribution in [3.63, 3.8) is 0 Å². The maximum atomic E-state index is 12.2. The van der Waals surface area contributed by atoms with Gasteiger partial charge in [0.25, 0.3) is 0 Å². The molecule has 1 fully saturated rings. The lowest BCUT2D eigenvalue weighted by Crippen LogP contribution is -2.34.